The van der Waals surface area contributed by atoms with Crippen molar-refractivity contribution in [1.29, 1.82) is 0 Å². The molecule has 0 bridgehead atoms. The van der Waals surface area contributed by atoms with Crippen molar-refractivity contribution in [2.45, 2.75) is 38.6 Å². The maximum Gasteiger partial charge on any atom is 0.307 e. The third-order valence-electron chi connectivity index (χ3n) is 4.50. The normalized spacial score (nSPS) is 30.4. The molecule has 0 saturated carbocycles. The Morgan fingerprint density at radius 3 is 2.65 bits per heavy atom. The van der Waals surface area contributed by atoms with Crippen molar-refractivity contribution < 1.29 is 14.7 Å². The standard InChI is InChI=1S/C15H24N2O3/c1-2-17-9-5-6-11(17)10-16-14(18)12-7-3-4-8-13(12)15(19)20/h3-4,11-13H,2,5-10H2,1H3,(H,16,18)(H,19,20). The van der Waals surface area contributed by atoms with Crippen LogP contribution in [0.2, 0.25) is 0 Å². The van der Waals surface area contributed by atoms with Crippen molar-refractivity contribution in [2.75, 3.05) is 19.6 Å². The highest BCUT2D eigenvalue weighted by Crippen LogP contribution is 2.26. The predicted molar refractivity (Wildman–Crippen MR) is 76.3 cm³/mol. The fourth-order valence-electron chi connectivity index (χ4n) is 3.27. The fourth-order valence-corrected chi connectivity index (χ4v) is 3.27. The Hall–Kier alpha value is -1.36. The molecule has 0 aromatic rings. The van der Waals surface area contributed by atoms with E-state index in [1.807, 2.05) is 12.2 Å². The van der Waals surface area contributed by atoms with Gasteiger partial charge in [0.1, 0.15) is 0 Å². The summed E-state index contributed by atoms with van der Waals surface area (Å²) in [7, 11) is 0. The minimum absolute atomic E-state index is 0.107. The lowest BCUT2D eigenvalue weighted by molar-refractivity contribution is -0.147. The second-order valence-corrected chi connectivity index (χ2v) is 5.66. The molecule has 1 saturated heterocycles. The third-order valence-corrected chi connectivity index (χ3v) is 4.50. The van der Waals surface area contributed by atoms with Gasteiger partial charge in [0, 0.05) is 12.6 Å². The molecule has 1 heterocycles. The number of carboxylic acid groups (broad SMARTS) is 1. The van der Waals surface area contributed by atoms with E-state index >= 15 is 0 Å². The van der Waals surface area contributed by atoms with Crippen molar-refractivity contribution >= 4 is 11.9 Å². The van der Waals surface area contributed by atoms with E-state index in [0.717, 1.165) is 19.5 Å². The number of likely N-dealkylation sites (N-methyl/N-ethyl adjacent to an activating group) is 1. The average molecular weight is 280 g/mol. The molecule has 2 rings (SSSR count). The first kappa shape index (κ1) is 15.0. The topological polar surface area (TPSA) is 69.6 Å². The average Bonchev–Trinajstić information content (AvgIpc) is 2.92. The van der Waals surface area contributed by atoms with Crippen LogP contribution in [0.4, 0.5) is 0 Å². The Balaban J connectivity index is 1.87. The summed E-state index contributed by atoms with van der Waals surface area (Å²) in [6.07, 6.45) is 7.05. The number of aliphatic carboxylic acids is 1. The summed E-state index contributed by atoms with van der Waals surface area (Å²) in [6, 6.07) is 0.409. The van der Waals surface area contributed by atoms with Crippen molar-refractivity contribution in [1.82, 2.24) is 10.2 Å². The summed E-state index contributed by atoms with van der Waals surface area (Å²) in [4.78, 5) is 25.8. The van der Waals surface area contributed by atoms with E-state index < -0.39 is 17.8 Å². The Kier molecular flexibility index (Phi) is 5.17. The van der Waals surface area contributed by atoms with Gasteiger partial charge in [-0.1, -0.05) is 19.1 Å². The maximum absolute atomic E-state index is 12.2. The SMILES string of the molecule is CCN1CCCC1CNC(=O)C1CC=CCC1C(=O)O. The first-order valence-corrected chi connectivity index (χ1v) is 7.53. The predicted octanol–water partition coefficient (Wildman–Crippen LogP) is 1.25. The van der Waals surface area contributed by atoms with Gasteiger partial charge < -0.3 is 10.4 Å². The molecule has 3 unspecified atom stereocenters. The highest BCUT2D eigenvalue weighted by molar-refractivity contribution is 5.85. The Morgan fingerprint density at radius 2 is 2.00 bits per heavy atom. The first-order chi connectivity index (χ1) is 9.63. The zero-order chi connectivity index (χ0) is 14.5. The van der Waals surface area contributed by atoms with Crippen LogP contribution in [0, 0.1) is 11.8 Å². The highest BCUT2D eigenvalue weighted by Gasteiger charge is 2.34. The summed E-state index contributed by atoms with van der Waals surface area (Å²) in [6.45, 7) is 4.87. The Bertz CT molecular complexity index is 395. The lowest BCUT2D eigenvalue weighted by Gasteiger charge is -2.27. The molecular weight excluding hydrogens is 256 g/mol. The van der Waals surface area contributed by atoms with Gasteiger partial charge in [0.05, 0.1) is 11.8 Å². The van der Waals surface area contributed by atoms with E-state index in [2.05, 4.69) is 17.1 Å². The molecule has 0 aromatic heterocycles. The number of carbonyl (C=O) groups is 2. The van der Waals surface area contributed by atoms with Gasteiger partial charge in [-0.25, -0.2) is 0 Å². The molecule has 5 heteroatoms. The summed E-state index contributed by atoms with van der Waals surface area (Å²) in [5, 5.41) is 12.2. The molecule has 1 amide bonds. The van der Waals surface area contributed by atoms with E-state index in [9.17, 15) is 14.7 Å². The fraction of sp³-hybridized carbons (Fsp3) is 0.733. The molecule has 1 aliphatic heterocycles. The zero-order valence-corrected chi connectivity index (χ0v) is 12.0. The van der Waals surface area contributed by atoms with E-state index in [1.165, 1.54) is 6.42 Å². The second kappa shape index (κ2) is 6.88. The van der Waals surface area contributed by atoms with Crippen LogP contribution in [0.15, 0.2) is 12.2 Å². The monoisotopic (exact) mass is 280 g/mol. The van der Waals surface area contributed by atoms with Crippen molar-refractivity contribution in [3.05, 3.63) is 12.2 Å². The van der Waals surface area contributed by atoms with Gasteiger partial charge in [-0.05, 0) is 38.8 Å². The van der Waals surface area contributed by atoms with Gasteiger partial charge in [0.2, 0.25) is 5.91 Å². The smallest absolute Gasteiger partial charge is 0.307 e. The number of carbonyl (C=O) groups excluding carboxylic acids is 1. The lowest BCUT2D eigenvalue weighted by atomic mass is 9.82. The second-order valence-electron chi connectivity index (χ2n) is 5.66. The summed E-state index contributed by atoms with van der Waals surface area (Å²) < 4.78 is 0. The van der Waals surface area contributed by atoms with Crippen LogP contribution < -0.4 is 5.32 Å². The van der Waals surface area contributed by atoms with Crippen LogP contribution in [0.25, 0.3) is 0 Å². The van der Waals surface area contributed by atoms with Crippen LogP contribution in [-0.2, 0) is 9.59 Å². The van der Waals surface area contributed by atoms with E-state index in [0.29, 0.717) is 25.4 Å². The van der Waals surface area contributed by atoms with Gasteiger partial charge >= 0.3 is 5.97 Å². The minimum atomic E-state index is -0.870. The molecule has 2 N–H and O–H groups in total. The quantitative estimate of drug-likeness (QED) is 0.744. The number of allylic oxidation sites excluding steroid dienone is 2. The summed E-state index contributed by atoms with van der Waals surface area (Å²) >= 11 is 0. The number of nitrogens with zero attached hydrogens (tertiary/aromatic N) is 1. The van der Waals surface area contributed by atoms with E-state index in [4.69, 9.17) is 0 Å². The van der Waals surface area contributed by atoms with Gasteiger partial charge in [-0.15, -0.1) is 0 Å². The van der Waals surface area contributed by atoms with Crippen LogP contribution in [0.5, 0.6) is 0 Å². The number of nitrogens with one attached hydrogen (secondary N) is 1. The molecule has 0 radical (unpaired) electrons. The Morgan fingerprint density at radius 1 is 1.30 bits per heavy atom. The van der Waals surface area contributed by atoms with Crippen LogP contribution in [-0.4, -0.2) is 47.6 Å². The van der Waals surface area contributed by atoms with E-state index in [1.54, 1.807) is 0 Å². The van der Waals surface area contributed by atoms with Gasteiger partial charge in [-0.3, -0.25) is 14.5 Å². The number of hydrogen-bond donors (Lipinski definition) is 2. The van der Waals surface area contributed by atoms with Crippen molar-refractivity contribution in [2.24, 2.45) is 11.8 Å². The molecule has 2 aliphatic rings. The van der Waals surface area contributed by atoms with Gasteiger partial charge in [0.15, 0.2) is 0 Å². The van der Waals surface area contributed by atoms with Gasteiger partial charge in [-0.2, -0.15) is 0 Å². The largest absolute Gasteiger partial charge is 0.481 e. The number of hydrogen-bond acceptors (Lipinski definition) is 3. The van der Waals surface area contributed by atoms with Gasteiger partial charge in [0.25, 0.3) is 0 Å². The number of amides is 1. The number of rotatable bonds is 5. The van der Waals surface area contributed by atoms with Crippen molar-refractivity contribution in [3.63, 3.8) is 0 Å². The molecule has 0 aromatic carbocycles. The molecule has 112 valence electrons. The molecule has 5 nitrogen and oxygen atoms in total. The molecule has 3 atom stereocenters. The number of carboxylic acids is 1. The third kappa shape index (κ3) is 3.39. The molecule has 1 fully saturated rings. The highest BCUT2D eigenvalue weighted by atomic mass is 16.4. The van der Waals surface area contributed by atoms with Crippen LogP contribution >= 0.6 is 0 Å². The summed E-state index contributed by atoms with van der Waals surface area (Å²) in [5.41, 5.74) is 0. The van der Waals surface area contributed by atoms with Crippen LogP contribution in [0.1, 0.15) is 32.6 Å². The van der Waals surface area contributed by atoms with Crippen molar-refractivity contribution in [3.8, 4) is 0 Å². The molecule has 0 spiro atoms. The van der Waals surface area contributed by atoms with Crippen LogP contribution in [0.3, 0.4) is 0 Å². The number of likely N-dealkylation sites (tertiary alicyclic amines) is 1. The molecule has 1 aliphatic carbocycles. The molecule has 20 heavy (non-hydrogen) atoms. The minimum Gasteiger partial charge on any atom is -0.481 e. The first-order valence-electron chi connectivity index (χ1n) is 7.53. The molecular formula is C15H24N2O3. The summed E-state index contributed by atoms with van der Waals surface area (Å²) in [5.74, 6) is -1.98. The maximum atomic E-state index is 12.2. The lowest BCUT2D eigenvalue weighted by Crippen LogP contribution is -2.44. The zero-order valence-electron chi connectivity index (χ0n) is 12.0. The Labute approximate surface area is 120 Å². The van der Waals surface area contributed by atoms with E-state index in [-0.39, 0.29) is 5.91 Å².